The maximum Gasteiger partial charge on any atom is 0.154 e. The third kappa shape index (κ3) is 3.31. The van der Waals surface area contributed by atoms with E-state index < -0.39 is 0 Å². The van der Waals surface area contributed by atoms with Gasteiger partial charge in [-0.25, -0.2) is 0 Å². The fourth-order valence-electron chi connectivity index (χ4n) is 3.58. The minimum Gasteiger partial charge on any atom is -0.355 e. The predicted molar refractivity (Wildman–Crippen MR) is 98.0 cm³/mol. The minimum atomic E-state index is 0.434. The Morgan fingerprint density at radius 2 is 1.92 bits per heavy atom. The van der Waals surface area contributed by atoms with Crippen molar-refractivity contribution in [1.29, 1.82) is 0 Å². The molecule has 0 atom stereocenters. The second-order valence-electron chi connectivity index (χ2n) is 6.72. The Morgan fingerprint density at radius 3 is 2.58 bits per heavy atom. The number of nitrogens with zero attached hydrogens (tertiary/aromatic N) is 8. The maximum atomic E-state index is 4.53. The van der Waals surface area contributed by atoms with E-state index in [2.05, 4.69) is 48.0 Å². The number of aryl methyl sites for hydroxylation is 1. The molecule has 0 spiro atoms. The molecule has 0 radical (unpaired) electrons. The molecule has 1 aliphatic heterocycles. The first kappa shape index (κ1) is 16.7. The summed E-state index contributed by atoms with van der Waals surface area (Å²) in [7, 11) is 0. The van der Waals surface area contributed by atoms with Crippen molar-refractivity contribution < 1.29 is 0 Å². The summed E-state index contributed by atoms with van der Waals surface area (Å²) in [6.07, 6.45) is 5.84. The summed E-state index contributed by atoms with van der Waals surface area (Å²) in [6, 6.07) is 6.00. The van der Waals surface area contributed by atoms with Crippen molar-refractivity contribution in [3.63, 3.8) is 0 Å². The zero-order chi connectivity index (χ0) is 17.9. The first-order valence-electron chi connectivity index (χ1n) is 9.19. The summed E-state index contributed by atoms with van der Waals surface area (Å²) < 4.78 is 4.13. The van der Waals surface area contributed by atoms with Crippen LogP contribution < -0.4 is 4.90 Å². The highest BCUT2D eigenvalue weighted by atomic mass is 15.3. The van der Waals surface area contributed by atoms with E-state index in [1.165, 1.54) is 0 Å². The predicted octanol–water partition coefficient (Wildman–Crippen LogP) is 2.03. The van der Waals surface area contributed by atoms with Gasteiger partial charge in [0, 0.05) is 37.9 Å². The Kier molecular flexibility index (Phi) is 4.64. The number of rotatable bonds is 5. The molecule has 26 heavy (non-hydrogen) atoms. The van der Waals surface area contributed by atoms with Gasteiger partial charge in [-0.15, -0.1) is 15.3 Å². The van der Waals surface area contributed by atoms with E-state index in [9.17, 15) is 0 Å². The lowest BCUT2D eigenvalue weighted by molar-refractivity contribution is 0.460. The molecule has 4 rings (SSSR count). The lowest BCUT2D eigenvalue weighted by atomic mass is 9.96. The van der Waals surface area contributed by atoms with Crippen molar-refractivity contribution >= 4 is 5.82 Å². The molecule has 1 saturated heterocycles. The lowest BCUT2D eigenvalue weighted by Crippen LogP contribution is -2.34. The maximum absolute atomic E-state index is 4.53. The van der Waals surface area contributed by atoms with Crippen LogP contribution in [0.3, 0.4) is 0 Å². The smallest absolute Gasteiger partial charge is 0.154 e. The number of anilines is 1. The van der Waals surface area contributed by atoms with Gasteiger partial charge in [-0.1, -0.05) is 0 Å². The van der Waals surface area contributed by atoms with E-state index in [1.807, 2.05) is 29.9 Å². The zero-order valence-electron chi connectivity index (χ0n) is 15.3. The molecule has 0 N–H and O–H groups in total. The summed E-state index contributed by atoms with van der Waals surface area (Å²) in [5, 5.41) is 21.7. The Morgan fingerprint density at radius 1 is 1.08 bits per heavy atom. The zero-order valence-corrected chi connectivity index (χ0v) is 15.3. The molecule has 3 aromatic heterocycles. The van der Waals surface area contributed by atoms with Gasteiger partial charge in [-0.3, -0.25) is 4.68 Å². The lowest BCUT2D eigenvalue weighted by Gasteiger charge is -2.32. The number of piperidine rings is 1. The van der Waals surface area contributed by atoms with E-state index in [1.54, 1.807) is 6.20 Å². The number of hydrogen-bond acceptors (Lipinski definition) is 6. The largest absolute Gasteiger partial charge is 0.355 e. The normalized spacial score (nSPS) is 15.5. The second-order valence-corrected chi connectivity index (χ2v) is 6.72. The molecular weight excluding hydrogens is 328 g/mol. The van der Waals surface area contributed by atoms with E-state index in [-0.39, 0.29) is 0 Å². The highest BCUT2D eigenvalue weighted by Gasteiger charge is 2.26. The average molecular weight is 352 g/mol. The van der Waals surface area contributed by atoms with Crippen LogP contribution in [0.15, 0.2) is 30.6 Å². The van der Waals surface area contributed by atoms with E-state index in [0.29, 0.717) is 12.5 Å². The molecule has 0 aromatic carbocycles. The molecule has 0 amide bonds. The fourth-order valence-corrected chi connectivity index (χ4v) is 3.58. The van der Waals surface area contributed by atoms with Gasteiger partial charge >= 0.3 is 0 Å². The summed E-state index contributed by atoms with van der Waals surface area (Å²) in [6.45, 7) is 7.58. The van der Waals surface area contributed by atoms with E-state index in [4.69, 9.17) is 0 Å². The third-order valence-electron chi connectivity index (χ3n) is 5.00. The van der Waals surface area contributed by atoms with Crippen molar-refractivity contribution in [2.75, 3.05) is 18.0 Å². The van der Waals surface area contributed by atoms with E-state index >= 15 is 0 Å². The first-order chi connectivity index (χ1) is 12.7. The van der Waals surface area contributed by atoms with E-state index in [0.717, 1.165) is 55.6 Å². The molecule has 136 valence electrons. The van der Waals surface area contributed by atoms with Crippen molar-refractivity contribution in [2.45, 2.75) is 45.7 Å². The molecule has 4 heterocycles. The van der Waals surface area contributed by atoms with Crippen LogP contribution in [-0.2, 0) is 13.1 Å². The second kappa shape index (κ2) is 7.23. The Balaban J connectivity index is 1.45. The summed E-state index contributed by atoms with van der Waals surface area (Å²) >= 11 is 0. The van der Waals surface area contributed by atoms with Crippen LogP contribution in [0.4, 0.5) is 5.82 Å². The summed E-state index contributed by atoms with van der Waals surface area (Å²) in [4.78, 5) is 2.31. The van der Waals surface area contributed by atoms with Crippen LogP contribution >= 0.6 is 0 Å². The Labute approximate surface area is 152 Å². The monoisotopic (exact) mass is 352 g/mol. The molecular formula is C18H24N8. The van der Waals surface area contributed by atoms with Crippen molar-refractivity contribution in [3.8, 4) is 0 Å². The van der Waals surface area contributed by atoms with Crippen molar-refractivity contribution in [3.05, 3.63) is 47.9 Å². The van der Waals surface area contributed by atoms with Crippen LogP contribution in [0.2, 0.25) is 0 Å². The van der Waals surface area contributed by atoms with Crippen LogP contribution in [0, 0.1) is 6.92 Å². The van der Waals surface area contributed by atoms with Gasteiger partial charge < -0.3 is 9.47 Å². The molecule has 0 unspecified atom stereocenters. The average Bonchev–Trinajstić information content (AvgIpc) is 3.32. The van der Waals surface area contributed by atoms with Gasteiger partial charge in [0.05, 0.1) is 5.69 Å². The molecule has 0 aliphatic carbocycles. The fraction of sp³-hybridized carbons (Fsp3) is 0.500. The summed E-state index contributed by atoms with van der Waals surface area (Å²) in [5.74, 6) is 3.47. The summed E-state index contributed by atoms with van der Waals surface area (Å²) in [5.41, 5.74) is 0.949. The van der Waals surface area contributed by atoms with Crippen molar-refractivity contribution in [2.24, 2.45) is 0 Å². The topological polar surface area (TPSA) is 77.5 Å². The van der Waals surface area contributed by atoms with Gasteiger partial charge in [0.2, 0.25) is 0 Å². The Hall–Kier alpha value is -2.77. The van der Waals surface area contributed by atoms with Crippen LogP contribution in [-0.4, -0.2) is 47.8 Å². The number of hydrogen-bond donors (Lipinski definition) is 0. The molecule has 0 saturated carbocycles. The van der Waals surface area contributed by atoms with Crippen LogP contribution in [0.1, 0.15) is 43.0 Å². The third-order valence-corrected chi connectivity index (χ3v) is 5.00. The molecule has 8 heteroatoms. The van der Waals surface area contributed by atoms with Crippen molar-refractivity contribution in [1.82, 2.24) is 34.7 Å². The van der Waals surface area contributed by atoms with Gasteiger partial charge in [-0.2, -0.15) is 10.2 Å². The highest BCUT2D eigenvalue weighted by Crippen LogP contribution is 2.29. The van der Waals surface area contributed by atoms with Gasteiger partial charge in [-0.05, 0) is 44.9 Å². The van der Waals surface area contributed by atoms with Gasteiger partial charge in [0.15, 0.2) is 11.6 Å². The highest BCUT2D eigenvalue weighted by molar-refractivity contribution is 5.38. The van der Waals surface area contributed by atoms with Gasteiger partial charge in [0.25, 0.3) is 0 Å². The molecule has 0 bridgehead atoms. The Bertz CT molecular complexity index is 829. The standard InChI is InChI=1S/C18H24N8/c1-3-26-17(13-25-10-4-9-19-25)22-23-18(26)15-7-11-24(12-8-15)16-6-5-14(2)20-21-16/h4-6,9-10,15H,3,7-8,11-13H2,1-2H3. The molecule has 1 aliphatic rings. The quantitative estimate of drug-likeness (QED) is 0.699. The minimum absolute atomic E-state index is 0.434. The van der Waals surface area contributed by atoms with Crippen LogP contribution in [0.5, 0.6) is 0 Å². The van der Waals surface area contributed by atoms with Gasteiger partial charge in [0.1, 0.15) is 12.4 Å². The molecule has 8 nitrogen and oxygen atoms in total. The SMILES string of the molecule is CCn1c(Cn2cccn2)nnc1C1CCN(c2ccc(C)nn2)CC1. The first-order valence-corrected chi connectivity index (χ1v) is 9.19. The van der Waals surface area contributed by atoms with Crippen LogP contribution in [0.25, 0.3) is 0 Å². The molecule has 3 aromatic rings. The molecule has 1 fully saturated rings. The number of aromatic nitrogens is 7.